The fourth-order valence-corrected chi connectivity index (χ4v) is 3.38. The number of rotatable bonds is 3. The molecule has 2 aromatic carbocycles. The molecule has 2 aromatic rings. The van der Waals surface area contributed by atoms with Crippen LogP contribution >= 0.6 is 55.1 Å². The predicted octanol–water partition coefficient (Wildman–Crippen LogP) is 4.99. The van der Waals surface area contributed by atoms with E-state index in [0.717, 1.165) is 4.47 Å². The number of aromatic hydroxyl groups is 1. The van der Waals surface area contributed by atoms with Gasteiger partial charge in [0, 0.05) is 25.6 Å². The van der Waals surface area contributed by atoms with E-state index in [4.69, 9.17) is 23.2 Å². The van der Waals surface area contributed by atoms with E-state index in [9.17, 15) is 9.90 Å². The lowest BCUT2D eigenvalue weighted by atomic mass is 10.2. The van der Waals surface area contributed by atoms with E-state index in [1.165, 1.54) is 24.4 Å². The molecule has 0 radical (unpaired) electrons. The molecule has 0 bridgehead atoms. The van der Waals surface area contributed by atoms with E-state index in [-0.39, 0.29) is 11.3 Å². The Morgan fingerprint density at radius 1 is 1.14 bits per heavy atom. The number of benzene rings is 2. The zero-order chi connectivity index (χ0) is 16.3. The third-order valence-electron chi connectivity index (χ3n) is 2.55. The van der Waals surface area contributed by atoms with Crippen LogP contribution in [-0.2, 0) is 0 Å². The lowest BCUT2D eigenvalue weighted by Crippen LogP contribution is -2.17. The summed E-state index contributed by atoms with van der Waals surface area (Å²) in [5, 5.41) is 14.4. The Morgan fingerprint density at radius 2 is 1.77 bits per heavy atom. The minimum atomic E-state index is -0.464. The lowest BCUT2D eigenvalue weighted by molar-refractivity contribution is 0.0955. The summed E-state index contributed by atoms with van der Waals surface area (Å²) in [6.45, 7) is 0. The average Bonchev–Trinajstić information content (AvgIpc) is 2.42. The van der Waals surface area contributed by atoms with Gasteiger partial charge in [0.1, 0.15) is 5.75 Å². The first kappa shape index (κ1) is 17.3. The van der Waals surface area contributed by atoms with Crippen LogP contribution in [0.1, 0.15) is 15.9 Å². The fourth-order valence-electron chi connectivity index (χ4n) is 1.59. The summed E-state index contributed by atoms with van der Waals surface area (Å²) in [6, 6.07) is 7.84. The van der Waals surface area contributed by atoms with Crippen LogP contribution in [0.2, 0.25) is 10.0 Å². The van der Waals surface area contributed by atoms with E-state index < -0.39 is 5.91 Å². The minimum Gasteiger partial charge on any atom is -0.506 e. The summed E-state index contributed by atoms with van der Waals surface area (Å²) in [5.41, 5.74) is 3.06. The van der Waals surface area contributed by atoms with Gasteiger partial charge in [0.25, 0.3) is 5.91 Å². The molecule has 0 saturated carbocycles. The molecule has 8 heteroatoms. The van der Waals surface area contributed by atoms with Crippen LogP contribution in [0.15, 0.2) is 44.4 Å². The monoisotopic (exact) mass is 464 g/mol. The highest BCUT2D eigenvalue weighted by Crippen LogP contribution is 2.30. The van der Waals surface area contributed by atoms with Gasteiger partial charge in [-0.15, -0.1) is 0 Å². The van der Waals surface area contributed by atoms with Crippen LogP contribution in [0.3, 0.4) is 0 Å². The molecule has 114 valence electrons. The molecule has 2 rings (SSSR count). The van der Waals surface area contributed by atoms with Crippen molar-refractivity contribution in [1.29, 1.82) is 0 Å². The molecule has 0 aliphatic heterocycles. The zero-order valence-electron chi connectivity index (χ0n) is 10.8. The second-order valence-electron chi connectivity index (χ2n) is 4.18. The Kier molecular flexibility index (Phi) is 5.86. The number of nitrogens with zero attached hydrogens (tertiary/aromatic N) is 1. The largest absolute Gasteiger partial charge is 0.506 e. The molecular weight excluding hydrogens is 459 g/mol. The topological polar surface area (TPSA) is 61.7 Å². The number of amides is 1. The van der Waals surface area contributed by atoms with Crippen LogP contribution in [0.25, 0.3) is 0 Å². The number of carbonyl (C=O) groups is 1. The van der Waals surface area contributed by atoms with Crippen molar-refractivity contribution in [2.24, 2.45) is 5.10 Å². The van der Waals surface area contributed by atoms with Crippen molar-refractivity contribution < 1.29 is 9.90 Å². The fraction of sp³-hybridized carbons (Fsp3) is 0. The summed E-state index contributed by atoms with van der Waals surface area (Å²) >= 11 is 18.2. The first-order valence-corrected chi connectivity index (χ1v) is 8.18. The van der Waals surface area contributed by atoms with Gasteiger partial charge in [0.15, 0.2) is 0 Å². The van der Waals surface area contributed by atoms with Gasteiger partial charge in [-0.05, 0) is 46.3 Å². The molecule has 0 atom stereocenters. The SMILES string of the molecule is O=C(NN=Cc1cc(Br)cc(Br)c1O)c1cc(Cl)cc(Cl)c1. The van der Waals surface area contributed by atoms with Crippen molar-refractivity contribution in [3.63, 3.8) is 0 Å². The minimum absolute atomic E-state index is 0.0204. The Balaban J connectivity index is 2.14. The summed E-state index contributed by atoms with van der Waals surface area (Å²) in [6.07, 6.45) is 1.33. The van der Waals surface area contributed by atoms with Crippen molar-refractivity contribution >= 4 is 67.2 Å². The van der Waals surface area contributed by atoms with Gasteiger partial charge in [-0.1, -0.05) is 39.1 Å². The first-order chi connectivity index (χ1) is 10.4. The van der Waals surface area contributed by atoms with Gasteiger partial charge < -0.3 is 5.11 Å². The summed E-state index contributed by atoms with van der Waals surface area (Å²) < 4.78 is 1.27. The van der Waals surface area contributed by atoms with Crippen LogP contribution in [0.4, 0.5) is 0 Å². The molecular formula is C14H8Br2Cl2N2O2. The van der Waals surface area contributed by atoms with Gasteiger partial charge in [0.2, 0.25) is 0 Å². The van der Waals surface area contributed by atoms with Crippen molar-refractivity contribution in [3.8, 4) is 5.75 Å². The molecule has 0 heterocycles. The van der Waals surface area contributed by atoms with Crippen molar-refractivity contribution in [1.82, 2.24) is 5.43 Å². The average molecular weight is 467 g/mol. The number of phenolic OH excluding ortho intramolecular Hbond substituents is 1. The molecule has 0 fully saturated rings. The van der Waals surface area contributed by atoms with Gasteiger partial charge in [-0.3, -0.25) is 4.79 Å². The Labute approximate surface area is 153 Å². The summed E-state index contributed by atoms with van der Waals surface area (Å²) in [5.74, 6) is -0.443. The highest BCUT2D eigenvalue weighted by Gasteiger charge is 2.08. The van der Waals surface area contributed by atoms with Gasteiger partial charge >= 0.3 is 0 Å². The third kappa shape index (κ3) is 4.46. The number of hydrogen-bond donors (Lipinski definition) is 2. The molecule has 4 nitrogen and oxygen atoms in total. The van der Waals surface area contributed by atoms with E-state index in [1.54, 1.807) is 12.1 Å². The second kappa shape index (κ2) is 7.46. The molecule has 0 unspecified atom stereocenters. The highest BCUT2D eigenvalue weighted by molar-refractivity contribution is 9.11. The molecule has 0 spiro atoms. The number of hydrazone groups is 1. The first-order valence-electron chi connectivity index (χ1n) is 5.84. The Bertz CT molecular complexity index is 746. The van der Waals surface area contributed by atoms with E-state index in [2.05, 4.69) is 42.4 Å². The quantitative estimate of drug-likeness (QED) is 0.494. The summed E-state index contributed by atoms with van der Waals surface area (Å²) in [4.78, 5) is 11.9. The molecule has 0 aliphatic rings. The molecule has 0 aromatic heterocycles. The molecule has 2 N–H and O–H groups in total. The standard InChI is InChI=1S/C14H8Br2Cl2N2O2/c15-9-1-8(13(21)12(16)4-9)6-19-20-14(22)7-2-10(17)5-11(18)3-7/h1-6,21H,(H,20,22). The maximum Gasteiger partial charge on any atom is 0.271 e. The zero-order valence-corrected chi connectivity index (χ0v) is 15.5. The van der Waals surface area contributed by atoms with Crippen LogP contribution in [-0.4, -0.2) is 17.2 Å². The maximum absolute atomic E-state index is 11.9. The number of phenols is 1. The molecule has 0 saturated heterocycles. The number of carbonyl (C=O) groups excluding carboxylic acids is 1. The van der Waals surface area contributed by atoms with Crippen molar-refractivity contribution in [2.75, 3.05) is 0 Å². The van der Waals surface area contributed by atoms with Gasteiger partial charge in [-0.2, -0.15) is 5.10 Å². The third-order valence-corrected chi connectivity index (χ3v) is 4.05. The smallest absolute Gasteiger partial charge is 0.271 e. The Morgan fingerprint density at radius 3 is 2.41 bits per heavy atom. The normalized spacial score (nSPS) is 10.9. The number of halogens is 4. The van der Waals surface area contributed by atoms with E-state index in [1.807, 2.05) is 0 Å². The number of hydrogen-bond acceptors (Lipinski definition) is 3. The van der Waals surface area contributed by atoms with Crippen molar-refractivity contribution in [2.45, 2.75) is 0 Å². The lowest BCUT2D eigenvalue weighted by Gasteiger charge is -2.04. The van der Waals surface area contributed by atoms with Crippen molar-refractivity contribution in [3.05, 3.63) is 60.4 Å². The summed E-state index contributed by atoms with van der Waals surface area (Å²) in [7, 11) is 0. The molecule has 1 amide bonds. The Hall–Kier alpha value is -1.08. The predicted molar refractivity (Wildman–Crippen MR) is 95.0 cm³/mol. The van der Waals surface area contributed by atoms with Gasteiger partial charge in [0.05, 0.1) is 10.7 Å². The van der Waals surface area contributed by atoms with Crippen LogP contribution in [0.5, 0.6) is 5.75 Å². The van der Waals surface area contributed by atoms with Crippen LogP contribution in [0, 0.1) is 0 Å². The van der Waals surface area contributed by atoms with E-state index >= 15 is 0 Å². The van der Waals surface area contributed by atoms with Gasteiger partial charge in [-0.25, -0.2) is 5.43 Å². The maximum atomic E-state index is 11.9. The van der Waals surface area contributed by atoms with E-state index in [0.29, 0.717) is 20.1 Å². The molecule has 0 aliphatic carbocycles. The molecule has 22 heavy (non-hydrogen) atoms. The van der Waals surface area contributed by atoms with Crippen LogP contribution < -0.4 is 5.43 Å². The number of nitrogens with one attached hydrogen (secondary N) is 1. The second-order valence-corrected chi connectivity index (χ2v) is 6.83. The highest BCUT2D eigenvalue weighted by atomic mass is 79.9.